The molecular formula is C27H22Cl3N4OS-. The maximum absolute atomic E-state index is 13.5. The Morgan fingerprint density at radius 1 is 0.944 bits per heavy atom. The summed E-state index contributed by atoms with van der Waals surface area (Å²) in [5.41, 5.74) is 4.71. The van der Waals surface area contributed by atoms with Gasteiger partial charge >= 0.3 is 0 Å². The van der Waals surface area contributed by atoms with Crippen LogP contribution in [0.4, 0.5) is 5.69 Å². The molecule has 2 aromatic heterocycles. The van der Waals surface area contributed by atoms with Gasteiger partial charge in [-0.3, -0.25) is 9.48 Å². The second-order valence-electron chi connectivity index (χ2n) is 8.12. The molecule has 0 bridgehead atoms. The normalized spacial score (nSPS) is 11.5. The van der Waals surface area contributed by atoms with E-state index in [4.69, 9.17) is 28.2 Å². The smallest absolute Gasteiger partial charge is 0.297 e. The lowest BCUT2D eigenvalue weighted by Gasteiger charge is -2.11. The maximum Gasteiger partial charge on any atom is 0.297 e. The summed E-state index contributed by atoms with van der Waals surface area (Å²) in [6, 6.07) is 25.2. The molecule has 0 aliphatic heterocycles. The number of halogens is 3. The van der Waals surface area contributed by atoms with Crippen molar-refractivity contribution in [3.05, 3.63) is 121 Å². The van der Waals surface area contributed by atoms with Gasteiger partial charge in [0.25, 0.3) is 5.56 Å². The minimum absolute atomic E-state index is 0. The van der Waals surface area contributed by atoms with Crippen LogP contribution in [0.1, 0.15) is 11.3 Å². The van der Waals surface area contributed by atoms with Gasteiger partial charge in [0.05, 0.1) is 28.6 Å². The van der Waals surface area contributed by atoms with Gasteiger partial charge in [-0.15, -0.1) is 11.3 Å². The van der Waals surface area contributed by atoms with Crippen LogP contribution in [-0.4, -0.2) is 13.9 Å². The van der Waals surface area contributed by atoms with Crippen molar-refractivity contribution in [2.45, 2.75) is 13.5 Å². The van der Waals surface area contributed by atoms with Crippen molar-refractivity contribution in [1.82, 2.24) is 13.9 Å². The molecule has 0 aliphatic rings. The van der Waals surface area contributed by atoms with Gasteiger partial charge < -0.3 is 17.0 Å². The second-order valence-corrected chi connectivity index (χ2v) is 9.80. The molecule has 0 saturated heterocycles. The number of thiazole rings is 1. The molecule has 5 rings (SSSR count). The molecule has 3 aromatic carbocycles. The lowest BCUT2D eigenvalue weighted by molar-refractivity contribution is -0.00000689. The van der Waals surface area contributed by atoms with Gasteiger partial charge in [-0.2, -0.15) is 0 Å². The molecule has 0 unspecified atom stereocenters. The summed E-state index contributed by atoms with van der Waals surface area (Å²) in [5.74, 6) is 0. The molecule has 0 saturated carbocycles. The molecule has 5 nitrogen and oxygen atoms in total. The average Bonchev–Trinajstić information content (AvgIpc) is 3.34. The molecule has 9 heteroatoms. The fourth-order valence-corrected chi connectivity index (χ4v) is 5.44. The Morgan fingerprint density at radius 2 is 1.61 bits per heavy atom. The van der Waals surface area contributed by atoms with Crippen molar-refractivity contribution in [2.75, 3.05) is 0 Å². The topological polar surface area (TPSA) is 44.2 Å². The molecule has 2 heterocycles. The third-order valence-corrected chi connectivity index (χ3v) is 7.33. The maximum atomic E-state index is 13.5. The van der Waals surface area contributed by atoms with Crippen LogP contribution < -0.4 is 22.8 Å². The van der Waals surface area contributed by atoms with E-state index in [0.29, 0.717) is 27.1 Å². The van der Waals surface area contributed by atoms with E-state index in [9.17, 15) is 4.79 Å². The van der Waals surface area contributed by atoms with E-state index >= 15 is 0 Å². The summed E-state index contributed by atoms with van der Waals surface area (Å²) in [5, 5.41) is 3.16. The molecule has 0 aliphatic carbocycles. The van der Waals surface area contributed by atoms with Crippen LogP contribution in [0, 0.1) is 6.92 Å². The zero-order valence-electron chi connectivity index (χ0n) is 19.5. The average molecular weight is 557 g/mol. The second kappa shape index (κ2) is 10.9. The Labute approximate surface area is 228 Å². The Morgan fingerprint density at radius 3 is 2.28 bits per heavy atom. The summed E-state index contributed by atoms with van der Waals surface area (Å²) in [7, 11) is 1.87. The van der Waals surface area contributed by atoms with Gasteiger partial charge in [-0.25, -0.2) is 9.67 Å². The highest BCUT2D eigenvalue weighted by Crippen LogP contribution is 2.31. The highest BCUT2D eigenvalue weighted by molar-refractivity contribution is 7.07. The van der Waals surface area contributed by atoms with Crippen LogP contribution >= 0.6 is 34.5 Å². The first kappa shape index (κ1) is 26.0. The molecular weight excluding hydrogens is 535 g/mol. The predicted molar refractivity (Wildman–Crippen MR) is 144 cm³/mol. The highest BCUT2D eigenvalue weighted by atomic mass is 35.5. The Kier molecular flexibility index (Phi) is 7.91. The third kappa shape index (κ3) is 4.95. The van der Waals surface area contributed by atoms with E-state index in [1.54, 1.807) is 10.7 Å². The van der Waals surface area contributed by atoms with Gasteiger partial charge in [-0.05, 0) is 42.8 Å². The number of aromatic nitrogens is 3. The number of rotatable bonds is 5. The van der Waals surface area contributed by atoms with Crippen molar-refractivity contribution >= 4 is 40.2 Å². The minimum Gasteiger partial charge on any atom is -1.00 e. The molecule has 0 amide bonds. The lowest BCUT2D eigenvalue weighted by atomic mass is 10.1. The first-order valence-corrected chi connectivity index (χ1v) is 12.6. The lowest BCUT2D eigenvalue weighted by Crippen LogP contribution is -3.00. The van der Waals surface area contributed by atoms with Crippen LogP contribution in [0.25, 0.3) is 16.9 Å². The number of benzene rings is 3. The fraction of sp³-hybridized carbons (Fsp3) is 0.111. The third-order valence-electron chi connectivity index (χ3n) is 5.92. The van der Waals surface area contributed by atoms with E-state index in [0.717, 1.165) is 28.2 Å². The molecule has 184 valence electrons. The van der Waals surface area contributed by atoms with Gasteiger partial charge in [0.2, 0.25) is 0 Å². The SMILES string of the molecule is Cc1c(N=c2scc(-c3ccc(Cl)cc3Cl)n2Cc2ccccc2)c(=O)n(-c2ccccc2)n1C.[Cl-]. The Hall–Kier alpha value is -3.03. The van der Waals surface area contributed by atoms with Crippen molar-refractivity contribution in [3.63, 3.8) is 0 Å². The van der Waals surface area contributed by atoms with Crippen molar-refractivity contribution < 1.29 is 12.4 Å². The summed E-state index contributed by atoms with van der Waals surface area (Å²) in [6.07, 6.45) is 0. The molecule has 0 atom stereocenters. The van der Waals surface area contributed by atoms with Gasteiger partial charge in [0.15, 0.2) is 10.5 Å². The largest absolute Gasteiger partial charge is 1.00 e. The van der Waals surface area contributed by atoms with Gasteiger partial charge in [0, 0.05) is 23.0 Å². The van der Waals surface area contributed by atoms with E-state index in [2.05, 4.69) is 16.7 Å². The molecule has 0 spiro atoms. The van der Waals surface area contributed by atoms with E-state index < -0.39 is 0 Å². The molecule has 0 fully saturated rings. The monoisotopic (exact) mass is 555 g/mol. The van der Waals surface area contributed by atoms with Crippen LogP contribution in [0.5, 0.6) is 0 Å². The number of para-hydroxylation sites is 1. The summed E-state index contributed by atoms with van der Waals surface area (Å²) < 4.78 is 5.57. The van der Waals surface area contributed by atoms with Crippen LogP contribution in [0.2, 0.25) is 10.0 Å². The Balaban J connectivity index is 0.00000304. The summed E-state index contributed by atoms with van der Waals surface area (Å²) in [6.45, 7) is 2.49. The van der Waals surface area contributed by atoms with E-state index in [1.165, 1.54) is 11.3 Å². The number of hydrogen-bond donors (Lipinski definition) is 0. The first-order valence-electron chi connectivity index (χ1n) is 11.0. The number of hydrogen-bond acceptors (Lipinski definition) is 3. The van der Waals surface area contributed by atoms with Crippen LogP contribution in [0.3, 0.4) is 0 Å². The van der Waals surface area contributed by atoms with Gasteiger partial charge in [0.1, 0.15) is 0 Å². The predicted octanol–water partition coefficient (Wildman–Crippen LogP) is 3.61. The molecule has 36 heavy (non-hydrogen) atoms. The van der Waals surface area contributed by atoms with Crippen LogP contribution in [-0.2, 0) is 13.6 Å². The van der Waals surface area contributed by atoms with Crippen molar-refractivity contribution in [1.29, 1.82) is 0 Å². The molecule has 0 N–H and O–H groups in total. The minimum atomic E-state index is -0.165. The molecule has 0 radical (unpaired) electrons. The zero-order valence-corrected chi connectivity index (χ0v) is 22.6. The summed E-state index contributed by atoms with van der Waals surface area (Å²) >= 11 is 14.2. The highest BCUT2D eigenvalue weighted by Gasteiger charge is 2.17. The van der Waals surface area contributed by atoms with E-state index in [1.807, 2.05) is 84.7 Å². The fourth-order valence-electron chi connectivity index (χ4n) is 4.03. The summed E-state index contributed by atoms with van der Waals surface area (Å²) in [4.78, 5) is 19.1. The van der Waals surface area contributed by atoms with E-state index in [-0.39, 0.29) is 18.0 Å². The van der Waals surface area contributed by atoms with Crippen molar-refractivity contribution in [3.8, 4) is 16.9 Å². The quantitative estimate of drug-likeness (QED) is 0.326. The Bertz CT molecular complexity index is 1630. The van der Waals surface area contributed by atoms with Crippen LogP contribution in [0.15, 0.2) is 94.0 Å². The van der Waals surface area contributed by atoms with Gasteiger partial charge in [-0.1, -0.05) is 71.7 Å². The van der Waals surface area contributed by atoms with Crippen molar-refractivity contribution in [2.24, 2.45) is 12.0 Å². The standard InChI is InChI=1S/C27H22Cl2N4OS.ClH/c1-18-25(26(34)33(31(18)2)21-11-7-4-8-12-21)30-27-32(16-19-9-5-3-6-10-19)24(17-35-27)22-14-13-20(28)15-23(22)29;/h3-15,17H,16H2,1-2H3;1H/p-1. The first-order chi connectivity index (χ1) is 16.9. The number of nitrogens with zero attached hydrogens (tertiary/aromatic N) is 4. The molecule has 5 aromatic rings. The zero-order chi connectivity index (χ0) is 24.5.